The molecule has 102 valence electrons. The molecule has 5 heteroatoms. The van der Waals surface area contributed by atoms with E-state index >= 15 is 0 Å². The first-order chi connectivity index (χ1) is 9.69. The van der Waals surface area contributed by atoms with E-state index in [2.05, 4.69) is 11.9 Å². The minimum atomic E-state index is 0.188. The molecule has 0 radical (unpaired) electrons. The fraction of sp³-hybridized carbons (Fsp3) is 0.200. The lowest BCUT2D eigenvalue weighted by Crippen LogP contribution is -1.95. The fourth-order valence-corrected chi connectivity index (χ4v) is 1.90. The summed E-state index contributed by atoms with van der Waals surface area (Å²) < 4.78 is 10.9. The maximum absolute atomic E-state index is 8.94. The van der Waals surface area contributed by atoms with Crippen molar-refractivity contribution in [2.75, 3.05) is 7.11 Å². The van der Waals surface area contributed by atoms with Crippen molar-refractivity contribution in [2.45, 2.75) is 13.3 Å². The van der Waals surface area contributed by atoms with Crippen molar-refractivity contribution >= 4 is 11.6 Å². The molecular weight excluding hydrogens is 276 g/mol. The van der Waals surface area contributed by atoms with Gasteiger partial charge in [0.15, 0.2) is 11.5 Å². The molecule has 0 aliphatic carbocycles. The number of nitriles is 1. The summed E-state index contributed by atoms with van der Waals surface area (Å²) in [5, 5.41) is 9.13. The van der Waals surface area contributed by atoms with Gasteiger partial charge in [-0.15, -0.1) is 0 Å². The fourth-order valence-electron chi connectivity index (χ4n) is 1.70. The molecule has 1 aromatic carbocycles. The van der Waals surface area contributed by atoms with Gasteiger partial charge in [0.1, 0.15) is 11.1 Å². The summed E-state index contributed by atoms with van der Waals surface area (Å²) >= 11 is 6.06. The van der Waals surface area contributed by atoms with E-state index in [4.69, 9.17) is 26.3 Å². The maximum Gasteiger partial charge on any atom is 0.239 e. The van der Waals surface area contributed by atoms with E-state index in [1.807, 2.05) is 18.2 Å². The lowest BCUT2D eigenvalue weighted by atomic mass is 10.1. The molecule has 1 heterocycles. The number of methoxy groups -OCH3 is 1. The third-order valence-electron chi connectivity index (χ3n) is 2.82. The zero-order valence-electron chi connectivity index (χ0n) is 11.2. The molecule has 0 bridgehead atoms. The van der Waals surface area contributed by atoms with Gasteiger partial charge >= 0.3 is 0 Å². The highest BCUT2D eigenvalue weighted by molar-refractivity contribution is 6.33. The van der Waals surface area contributed by atoms with Gasteiger partial charge in [0, 0.05) is 6.20 Å². The van der Waals surface area contributed by atoms with Crippen LogP contribution < -0.4 is 9.47 Å². The molecule has 2 rings (SSSR count). The van der Waals surface area contributed by atoms with Gasteiger partial charge in [-0.2, -0.15) is 5.26 Å². The van der Waals surface area contributed by atoms with E-state index in [0.717, 1.165) is 12.0 Å². The first-order valence-electron chi connectivity index (χ1n) is 6.09. The second-order valence-electron chi connectivity index (χ2n) is 4.03. The second-order valence-corrected chi connectivity index (χ2v) is 4.41. The standard InChI is InChI=1S/C15H13ClN2O2/c1-3-10-4-5-12(13(8-10)19-2)20-15-14(16)11(9-17)6-7-18-15/h4-8H,3H2,1-2H3. The number of hydrogen-bond donors (Lipinski definition) is 0. The van der Waals surface area contributed by atoms with Gasteiger partial charge in [0.25, 0.3) is 0 Å². The summed E-state index contributed by atoms with van der Waals surface area (Å²) in [6.45, 7) is 2.06. The highest BCUT2D eigenvalue weighted by atomic mass is 35.5. The molecule has 0 fully saturated rings. The number of hydrogen-bond acceptors (Lipinski definition) is 4. The van der Waals surface area contributed by atoms with Gasteiger partial charge in [-0.25, -0.2) is 4.98 Å². The molecule has 0 saturated heterocycles. The predicted octanol–water partition coefficient (Wildman–Crippen LogP) is 3.97. The summed E-state index contributed by atoms with van der Waals surface area (Å²) in [6, 6.07) is 9.16. The van der Waals surface area contributed by atoms with Crippen LogP contribution in [0.1, 0.15) is 18.1 Å². The van der Waals surface area contributed by atoms with Crippen LogP contribution in [0.25, 0.3) is 0 Å². The Bertz CT molecular complexity index is 665. The van der Waals surface area contributed by atoms with Crippen LogP contribution in [-0.2, 0) is 6.42 Å². The first kappa shape index (κ1) is 14.2. The van der Waals surface area contributed by atoms with Crippen molar-refractivity contribution in [1.82, 2.24) is 4.98 Å². The van der Waals surface area contributed by atoms with Gasteiger partial charge in [-0.3, -0.25) is 0 Å². The van der Waals surface area contributed by atoms with Crippen LogP contribution in [0.15, 0.2) is 30.5 Å². The summed E-state index contributed by atoms with van der Waals surface area (Å²) in [7, 11) is 1.57. The maximum atomic E-state index is 8.94. The highest BCUT2D eigenvalue weighted by Crippen LogP contribution is 2.35. The van der Waals surface area contributed by atoms with Gasteiger partial charge in [-0.1, -0.05) is 24.6 Å². The predicted molar refractivity (Wildman–Crippen MR) is 76.4 cm³/mol. The van der Waals surface area contributed by atoms with E-state index in [-0.39, 0.29) is 10.9 Å². The van der Waals surface area contributed by atoms with Gasteiger partial charge in [0.05, 0.1) is 12.7 Å². The number of aromatic nitrogens is 1. The molecule has 0 aliphatic heterocycles. The molecule has 0 aliphatic rings. The van der Waals surface area contributed by atoms with Crippen molar-refractivity contribution < 1.29 is 9.47 Å². The SMILES string of the molecule is CCc1ccc(Oc2nccc(C#N)c2Cl)c(OC)c1. The largest absolute Gasteiger partial charge is 0.493 e. The van der Waals surface area contributed by atoms with Crippen LogP contribution in [0.4, 0.5) is 0 Å². The first-order valence-corrected chi connectivity index (χ1v) is 6.46. The number of ether oxygens (including phenoxy) is 2. The summed E-state index contributed by atoms with van der Waals surface area (Å²) in [5.41, 5.74) is 1.46. The van der Waals surface area contributed by atoms with E-state index in [9.17, 15) is 0 Å². The number of pyridine rings is 1. The van der Waals surface area contributed by atoms with E-state index < -0.39 is 0 Å². The number of halogens is 1. The molecule has 2 aromatic rings. The molecule has 0 spiro atoms. The van der Waals surface area contributed by atoms with Crippen LogP contribution in [0.2, 0.25) is 5.02 Å². The van der Waals surface area contributed by atoms with Gasteiger partial charge < -0.3 is 9.47 Å². The van der Waals surface area contributed by atoms with E-state index in [0.29, 0.717) is 17.1 Å². The Hall–Kier alpha value is -2.25. The number of benzene rings is 1. The normalized spacial score (nSPS) is 9.90. The molecule has 0 atom stereocenters. The monoisotopic (exact) mass is 288 g/mol. The van der Waals surface area contributed by atoms with Crippen molar-refractivity contribution in [2.24, 2.45) is 0 Å². The Balaban J connectivity index is 2.38. The second kappa shape index (κ2) is 6.27. The average Bonchev–Trinajstić information content (AvgIpc) is 2.49. The molecular formula is C15H13ClN2O2. The Labute approximate surface area is 122 Å². The molecule has 1 aromatic heterocycles. The number of nitrogens with zero attached hydrogens (tertiary/aromatic N) is 2. The molecule has 0 amide bonds. The van der Waals surface area contributed by atoms with Crippen LogP contribution in [-0.4, -0.2) is 12.1 Å². The Morgan fingerprint density at radius 1 is 1.30 bits per heavy atom. The molecule has 4 nitrogen and oxygen atoms in total. The van der Waals surface area contributed by atoms with Crippen LogP contribution >= 0.6 is 11.6 Å². The van der Waals surface area contributed by atoms with Crippen molar-refractivity contribution in [1.29, 1.82) is 5.26 Å². The minimum Gasteiger partial charge on any atom is -0.493 e. The molecule has 0 saturated carbocycles. The summed E-state index contributed by atoms with van der Waals surface area (Å²) in [6.07, 6.45) is 2.38. The smallest absolute Gasteiger partial charge is 0.239 e. The van der Waals surface area contributed by atoms with E-state index in [1.54, 1.807) is 13.2 Å². The lowest BCUT2D eigenvalue weighted by molar-refractivity contribution is 0.374. The Morgan fingerprint density at radius 2 is 2.10 bits per heavy atom. The van der Waals surface area contributed by atoms with Crippen LogP contribution in [0.5, 0.6) is 17.4 Å². The quantitative estimate of drug-likeness (QED) is 0.854. The number of aryl methyl sites for hydroxylation is 1. The zero-order valence-corrected chi connectivity index (χ0v) is 11.9. The van der Waals surface area contributed by atoms with Crippen LogP contribution in [0, 0.1) is 11.3 Å². The molecule has 0 unspecified atom stereocenters. The summed E-state index contributed by atoms with van der Waals surface area (Å²) in [4.78, 5) is 4.04. The van der Waals surface area contributed by atoms with Gasteiger partial charge in [0.2, 0.25) is 5.88 Å². The van der Waals surface area contributed by atoms with Crippen LogP contribution in [0.3, 0.4) is 0 Å². The minimum absolute atomic E-state index is 0.188. The Kier molecular flexibility index (Phi) is 4.44. The highest BCUT2D eigenvalue weighted by Gasteiger charge is 2.12. The van der Waals surface area contributed by atoms with E-state index in [1.165, 1.54) is 12.3 Å². The third kappa shape index (κ3) is 2.84. The topological polar surface area (TPSA) is 55.1 Å². The van der Waals surface area contributed by atoms with Gasteiger partial charge in [-0.05, 0) is 30.2 Å². The third-order valence-corrected chi connectivity index (χ3v) is 3.19. The lowest BCUT2D eigenvalue weighted by Gasteiger charge is -2.11. The number of rotatable bonds is 4. The summed E-state index contributed by atoms with van der Waals surface area (Å²) in [5.74, 6) is 1.30. The Morgan fingerprint density at radius 3 is 2.75 bits per heavy atom. The van der Waals surface area contributed by atoms with Crippen molar-refractivity contribution in [3.8, 4) is 23.4 Å². The molecule has 0 N–H and O–H groups in total. The van der Waals surface area contributed by atoms with Crippen molar-refractivity contribution in [3.63, 3.8) is 0 Å². The zero-order chi connectivity index (χ0) is 14.5. The average molecular weight is 289 g/mol. The molecule has 20 heavy (non-hydrogen) atoms. The van der Waals surface area contributed by atoms with Crippen molar-refractivity contribution in [3.05, 3.63) is 46.6 Å².